The largest absolute Gasteiger partial charge is 0.493 e. The van der Waals surface area contributed by atoms with Crippen LogP contribution in [0.25, 0.3) is 10.9 Å². The van der Waals surface area contributed by atoms with Crippen molar-refractivity contribution in [2.24, 2.45) is 0 Å². The molecule has 2 heterocycles. The van der Waals surface area contributed by atoms with E-state index >= 15 is 0 Å². The number of rotatable bonds is 6. The Hall–Kier alpha value is -3.02. The molecule has 1 aromatic heterocycles. The second kappa shape index (κ2) is 7.54. The molecule has 0 unspecified atom stereocenters. The third-order valence-electron chi connectivity index (χ3n) is 5.60. The molecule has 4 rings (SSSR count). The average molecular weight is 382 g/mol. The number of ether oxygens (including phenoxy) is 2. The van der Waals surface area contributed by atoms with E-state index in [2.05, 4.69) is 4.98 Å². The summed E-state index contributed by atoms with van der Waals surface area (Å²) in [6, 6.07) is 8.74. The highest BCUT2D eigenvalue weighted by Crippen LogP contribution is 2.39. The minimum absolute atomic E-state index is 0.0357. The number of aromatic amines is 1. The number of carbonyl (C=O) groups is 1. The Labute approximate surface area is 163 Å². The van der Waals surface area contributed by atoms with Crippen molar-refractivity contribution in [2.45, 2.75) is 25.3 Å². The molecular weight excluding hydrogens is 359 g/mol. The van der Waals surface area contributed by atoms with Crippen LogP contribution in [0, 0.1) is 5.82 Å². The molecule has 6 heteroatoms. The number of hydrogen-bond acceptors (Lipinski definition) is 3. The molecule has 1 amide bonds. The topological polar surface area (TPSA) is 54.6 Å². The molecule has 146 valence electrons. The number of amides is 1. The fourth-order valence-corrected chi connectivity index (χ4v) is 4.15. The van der Waals surface area contributed by atoms with E-state index in [0.29, 0.717) is 18.0 Å². The monoisotopic (exact) mass is 382 g/mol. The summed E-state index contributed by atoms with van der Waals surface area (Å²) in [5.74, 6) is 1.12. The maximum absolute atomic E-state index is 13.4. The maximum Gasteiger partial charge on any atom is 0.210 e. The van der Waals surface area contributed by atoms with E-state index in [0.717, 1.165) is 47.7 Å². The van der Waals surface area contributed by atoms with Crippen LogP contribution in [0.5, 0.6) is 11.5 Å². The lowest BCUT2D eigenvalue weighted by Gasteiger charge is -2.35. The van der Waals surface area contributed by atoms with Crippen molar-refractivity contribution in [1.82, 2.24) is 9.88 Å². The Morgan fingerprint density at radius 2 is 2.00 bits per heavy atom. The molecule has 0 saturated heterocycles. The fourth-order valence-electron chi connectivity index (χ4n) is 4.15. The zero-order valence-corrected chi connectivity index (χ0v) is 16.0. The van der Waals surface area contributed by atoms with Crippen molar-refractivity contribution in [1.29, 1.82) is 0 Å². The van der Waals surface area contributed by atoms with Crippen molar-refractivity contribution >= 4 is 17.3 Å². The van der Waals surface area contributed by atoms with Gasteiger partial charge in [-0.15, -0.1) is 0 Å². The quantitative estimate of drug-likeness (QED) is 0.656. The van der Waals surface area contributed by atoms with Crippen molar-refractivity contribution in [3.05, 3.63) is 59.0 Å². The summed E-state index contributed by atoms with van der Waals surface area (Å²) in [7, 11) is 3.24. The molecule has 2 aromatic carbocycles. The number of hydrogen-bond donors (Lipinski definition) is 1. The van der Waals surface area contributed by atoms with Crippen LogP contribution in [0.3, 0.4) is 0 Å². The standard InChI is InChI=1S/C22H23FN2O3/c1-27-21-9-14-7-8-25(13-26)20(18(14)11-22(21)28-2)6-3-15-12-24-19-10-16(23)4-5-17(15)19/h4-5,9-13,20,24H,3,6-8H2,1-2H3/t20-/m0/s1. The van der Waals surface area contributed by atoms with Crippen LogP contribution in [-0.4, -0.2) is 37.1 Å². The van der Waals surface area contributed by atoms with E-state index < -0.39 is 0 Å². The summed E-state index contributed by atoms with van der Waals surface area (Å²) in [5, 5.41) is 1.02. The van der Waals surface area contributed by atoms with Crippen molar-refractivity contribution < 1.29 is 18.7 Å². The van der Waals surface area contributed by atoms with Crippen molar-refractivity contribution in [3.8, 4) is 11.5 Å². The van der Waals surface area contributed by atoms with Gasteiger partial charge in [0.25, 0.3) is 0 Å². The van der Waals surface area contributed by atoms with Crippen molar-refractivity contribution in [3.63, 3.8) is 0 Å². The lowest BCUT2D eigenvalue weighted by molar-refractivity contribution is -0.120. The highest BCUT2D eigenvalue weighted by Gasteiger charge is 2.28. The summed E-state index contributed by atoms with van der Waals surface area (Å²) >= 11 is 0. The molecule has 5 nitrogen and oxygen atoms in total. The number of methoxy groups -OCH3 is 2. The van der Waals surface area contributed by atoms with Gasteiger partial charge in [-0.1, -0.05) is 0 Å². The van der Waals surface area contributed by atoms with E-state index in [-0.39, 0.29) is 11.9 Å². The number of halogens is 1. The number of nitrogens with one attached hydrogen (secondary N) is 1. The first kappa shape index (κ1) is 18.3. The van der Waals surface area contributed by atoms with E-state index in [1.54, 1.807) is 20.3 Å². The lowest BCUT2D eigenvalue weighted by atomic mass is 9.88. The van der Waals surface area contributed by atoms with Gasteiger partial charge in [0.05, 0.1) is 20.3 Å². The third-order valence-corrected chi connectivity index (χ3v) is 5.60. The first-order valence-electron chi connectivity index (χ1n) is 9.36. The van der Waals surface area contributed by atoms with E-state index in [1.807, 2.05) is 23.2 Å². The van der Waals surface area contributed by atoms with Gasteiger partial charge in [-0.3, -0.25) is 4.79 Å². The molecule has 0 aliphatic carbocycles. The number of benzene rings is 2. The highest BCUT2D eigenvalue weighted by molar-refractivity contribution is 5.83. The highest BCUT2D eigenvalue weighted by atomic mass is 19.1. The van der Waals surface area contributed by atoms with Gasteiger partial charge in [-0.25, -0.2) is 4.39 Å². The molecule has 1 aliphatic heterocycles. The lowest BCUT2D eigenvalue weighted by Crippen LogP contribution is -2.34. The van der Waals surface area contributed by atoms with Crippen LogP contribution in [0.1, 0.15) is 29.2 Å². The molecular formula is C22H23FN2O3. The van der Waals surface area contributed by atoms with Gasteiger partial charge in [-0.05, 0) is 66.3 Å². The van der Waals surface area contributed by atoms with Crippen LogP contribution in [0.2, 0.25) is 0 Å². The molecule has 0 spiro atoms. The molecule has 1 aliphatic rings. The SMILES string of the molecule is COc1cc2c(cc1OC)[C@H](CCc1c[nH]c3cc(F)ccc13)N(C=O)CC2. The Kier molecular flexibility index (Phi) is 4.94. The minimum Gasteiger partial charge on any atom is -0.493 e. The maximum atomic E-state index is 13.4. The Morgan fingerprint density at radius 3 is 2.75 bits per heavy atom. The van der Waals surface area contributed by atoms with Gasteiger partial charge in [0.15, 0.2) is 11.5 Å². The normalized spacial score (nSPS) is 16.1. The molecule has 0 saturated carbocycles. The van der Waals surface area contributed by atoms with Gasteiger partial charge in [-0.2, -0.15) is 0 Å². The number of fused-ring (bicyclic) bond motifs is 2. The summed E-state index contributed by atoms with van der Waals surface area (Å²) in [4.78, 5) is 16.7. The predicted octanol–water partition coefficient (Wildman–Crippen LogP) is 4.01. The summed E-state index contributed by atoms with van der Waals surface area (Å²) in [6.07, 6.45) is 5.18. The summed E-state index contributed by atoms with van der Waals surface area (Å²) in [6.45, 7) is 0.676. The molecule has 0 fully saturated rings. The number of carbonyl (C=O) groups excluding carboxylic acids is 1. The van der Waals surface area contributed by atoms with Crippen LogP contribution < -0.4 is 9.47 Å². The second-order valence-corrected chi connectivity index (χ2v) is 7.06. The Bertz CT molecular complexity index is 1010. The second-order valence-electron chi connectivity index (χ2n) is 7.06. The van der Waals surface area contributed by atoms with Gasteiger partial charge in [0.2, 0.25) is 6.41 Å². The minimum atomic E-state index is -0.254. The predicted molar refractivity (Wildman–Crippen MR) is 105 cm³/mol. The first-order valence-corrected chi connectivity index (χ1v) is 9.36. The smallest absolute Gasteiger partial charge is 0.210 e. The van der Waals surface area contributed by atoms with Gasteiger partial charge >= 0.3 is 0 Å². The zero-order chi connectivity index (χ0) is 19.7. The molecule has 28 heavy (non-hydrogen) atoms. The molecule has 1 N–H and O–H groups in total. The zero-order valence-electron chi connectivity index (χ0n) is 16.0. The summed E-state index contributed by atoms with van der Waals surface area (Å²) in [5.41, 5.74) is 4.19. The van der Waals surface area contributed by atoms with Crippen LogP contribution in [0.15, 0.2) is 36.5 Å². The van der Waals surface area contributed by atoms with Gasteiger partial charge < -0.3 is 19.4 Å². The third kappa shape index (κ3) is 3.19. The van der Waals surface area contributed by atoms with Crippen LogP contribution in [0.4, 0.5) is 4.39 Å². The van der Waals surface area contributed by atoms with E-state index in [9.17, 15) is 9.18 Å². The van der Waals surface area contributed by atoms with Gasteiger partial charge in [0, 0.05) is 23.6 Å². The molecule has 3 aromatic rings. The Balaban J connectivity index is 1.65. The van der Waals surface area contributed by atoms with Crippen molar-refractivity contribution in [2.75, 3.05) is 20.8 Å². The number of H-pyrrole nitrogens is 1. The first-order chi connectivity index (χ1) is 13.6. The van der Waals surface area contributed by atoms with E-state index in [1.165, 1.54) is 17.7 Å². The number of aromatic nitrogens is 1. The fraction of sp³-hybridized carbons (Fsp3) is 0.318. The Morgan fingerprint density at radius 1 is 1.21 bits per heavy atom. The van der Waals surface area contributed by atoms with Crippen LogP contribution in [-0.2, 0) is 17.6 Å². The summed E-state index contributed by atoms with van der Waals surface area (Å²) < 4.78 is 24.3. The number of nitrogens with zero attached hydrogens (tertiary/aromatic N) is 1. The molecule has 0 bridgehead atoms. The van der Waals surface area contributed by atoms with E-state index in [4.69, 9.17) is 9.47 Å². The number of aryl methyl sites for hydroxylation is 1. The van der Waals surface area contributed by atoms with Crippen LogP contribution >= 0.6 is 0 Å². The molecule has 1 atom stereocenters. The average Bonchev–Trinajstić information content (AvgIpc) is 3.12. The van der Waals surface area contributed by atoms with Gasteiger partial charge in [0.1, 0.15) is 5.82 Å². The molecule has 0 radical (unpaired) electrons.